The average molecular weight is 523 g/mol. The Morgan fingerprint density at radius 3 is 1.97 bits per heavy atom. The molecular weight excluding hydrogens is 493 g/mol. The van der Waals surface area contributed by atoms with Gasteiger partial charge in [0.25, 0.3) is 0 Å². The number of ether oxygens (including phenoxy) is 1. The summed E-state index contributed by atoms with van der Waals surface area (Å²) in [4.78, 5) is 2.51. The van der Waals surface area contributed by atoms with Crippen molar-refractivity contribution in [1.82, 2.24) is 4.90 Å². The summed E-state index contributed by atoms with van der Waals surface area (Å²) in [5.41, 5.74) is 6.15. The quantitative estimate of drug-likeness (QED) is 0.239. The summed E-state index contributed by atoms with van der Waals surface area (Å²) < 4.78 is 7.71. The van der Waals surface area contributed by atoms with Crippen LogP contribution < -0.4 is 0 Å². The molecule has 1 unspecified atom stereocenters. The fourth-order valence-corrected chi connectivity index (χ4v) is 4.71. The van der Waals surface area contributed by atoms with Crippen molar-refractivity contribution in [2.75, 3.05) is 26.2 Å². The molecule has 1 fully saturated rings. The van der Waals surface area contributed by atoms with Crippen LogP contribution in [-0.4, -0.2) is 37.2 Å². The van der Waals surface area contributed by atoms with Gasteiger partial charge in [-0.3, -0.25) is 0 Å². The molecule has 3 heteroatoms. The number of benzene rings is 3. The molecule has 4 rings (SSSR count). The zero-order valence-electron chi connectivity index (χ0n) is 18.1. The first-order chi connectivity index (χ1) is 15.2. The molecule has 1 heterocycles. The van der Waals surface area contributed by atoms with Gasteiger partial charge in [0.2, 0.25) is 0 Å². The van der Waals surface area contributed by atoms with E-state index in [9.17, 15) is 0 Å². The Hall–Kier alpha value is -1.95. The summed E-state index contributed by atoms with van der Waals surface area (Å²) in [7, 11) is 0. The number of rotatable bonds is 8. The van der Waals surface area contributed by atoms with Crippen LogP contribution in [0.2, 0.25) is 0 Å². The zero-order chi connectivity index (χ0) is 21.5. The van der Waals surface area contributed by atoms with Crippen LogP contribution in [0.4, 0.5) is 0 Å². The molecule has 0 radical (unpaired) electrons. The molecule has 0 N–H and O–H groups in total. The van der Waals surface area contributed by atoms with Gasteiger partial charge in [0.15, 0.2) is 0 Å². The molecule has 0 bridgehead atoms. The van der Waals surface area contributed by atoms with Crippen molar-refractivity contribution in [3.8, 4) is 0 Å². The molecule has 0 saturated carbocycles. The monoisotopic (exact) mass is 523 g/mol. The van der Waals surface area contributed by atoms with Gasteiger partial charge in [-0.25, -0.2) is 0 Å². The Balaban J connectivity index is 1.75. The van der Waals surface area contributed by atoms with E-state index in [4.69, 9.17) is 4.74 Å². The molecule has 1 atom stereocenters. The normalized spacial score (nSPS) is 16.2. The van der Waals surface area contributed by atoms with E-state index < -0.39 is 0 Å². The second kappa shape index (κ2) is 11.1. The van der Waals surface area contributed by atoms with Gasteiger partial charge < -0.3 is 9.64 Å². The van der Waals surface area contributed by atoms with Crippen molar-refractivity contribution < 1.29 is 4.74 Å². The second-order valence-corrected chi connectivity index (χ2v) is 9.34. The highest BCUT2D eigenvalue weighted by atomic mass is 127. The van der Waals surface area contributed by atoms with Crippen molar-refractivity contribution in [2.45, 2.75) is 25.9 Å². The van der Waals surface area contributed by atoms with Gasteiger partial charge >= 0.3 is 0 Å². The van der Waals surface area contributed by atoms with E-state index in [2.05, 4.69) is 119 Å². The fourth-order valence-electron chi connectivity index (χ4n) is 4.35. The second-order valence-electron chi connectivity index (χ2n) is 8.09. The van der Waals surface area contributed by atoms with E-state index in [1.807, 2.05) is 0 Å². The Bertz CT molecular complexity index is 977. The third-order valence-corrected chi connectivity index (χ3v) is 6.65. The predicted octanol–water partition coefficient (Wildman–Crippen LogP) is 6.75. The topological polar surface area (TPSA) is 12.5 Å². The molecule has 0 aromatic heterocycles. The van der Waals surface area contributed by atoms with E-state index in [0.29, 0.717) is 0 Å². The summed E-state index contributed by atoms with van der Waals surface area (Å²) in [5, 5.41) is 0. The maximum absolute atomic E-state index is 6.47. The van der Waals surface area contributed by atoms with Gasteiger partial charge in [0.1, 0.15) is 0 Å². The van der Waals surface area contributed by atoms with Crippen LogP contribution in [0, 0.1) is 3.57 Å². The lowest BCUT2D eigenvalue weighted by Crippen LogP contribution is -2.26. The average Bonchev–Trinajstić information content (AvgIpc) is 3.33. The van der Waals surface area contributed by atoms with Crippen LogP contribution in [0.25, 0.3) is 11.1 Å². The lowest BCUT2D eigenvalue weighted by atomic mass is 9.87. The first kappa shape index (κ1) is 22.3. The lowest BCUT2D eigenvalue weighted by Gasteiger charge is -2.24. The van der Waals surface area contributed by atoms with Crippen molar-refractivity contribution in [3.05, 3.63) is 105 Å². The van der Waals surface area contributed by atoms with Crippen LogP contribution in [0.15, 0.2) is 84.9 Å². The van der Waals surface area contributed by atoms with Crippen molar-refractivity contribution in [2.24, 2.45) is 0 Å². The van der Waals surface area contributed by atoms with Crippen molar-refractivity contribution in [3.63, 3.8) is 0 Å². The molecule has 3 aromatic carbocycles. The van der Waals surface area contributed by atoms with Crippen molar-refractivity contribution in [1.29, 1.82) is 0 Å². The molecule has 1 saturated heterocycles. The lowest BCUT2D eigenvalue weighted by molar-refractivity contribution is 0.0853. The Kier molecular flexibility index (Phi) is 7.95. The standard InChI is InChI=1S/C28H30INO/c1-22(31-21-20-30-18-8-9-19-30)27(23-10-4-2-5-11-23)28(24-12-6-3-7-13-24)25-14-16-26(29)17-15-25/h2-7,10-17,22H,8-9,18-21H2,1H3. The van der Waals surface area contributed by atoms with Gasteiger partial charge in [-0.05, 0) is 95.4 Å². The van der Waals surface area contributed by atoms with Crippen LogP contribution >= 0.6 is 22.6 Å². The number of likely N-dealkylation sites (tertiary alicyclic amines) is 1. The molecular formula is C28H30INO. The smallest absolute Gasteiger partial charge is 0.0809 e. The molecule has 2 nitrogen and oxygen atoms in total. The summed E-state index contributed by atoms with van der Waals surface area (Å²) in [6.07, 6.45) is 2.62. The van der Waals surface area contributed by atoms with Crippen LogP contribution in [0.3, 0.4) is 0 Å². The van der Waals surface area contributed by atoms with Crippen LogP contribution in [0.5, 0.6) is 0 Å². The number of halogens is 1. The maximum Gasteiger partial charge on any atom is 0.0809 e. The minimum atomic E-state index is -0.0144. The zero-order valence-corrected chi connectivity index (χ0v) is 20.3. The van der Waals surface area contributed by atoms with E-state index in [1.165, 1.54) is 57.3 Å². The predicted molar refractivity (Wildman–Crippen MR) is 139 cm³/mol. The van der Waals surface area contributed by atoms with Gasteiger partial charge in [-0.2, -0.15) is 0 Å². The minimum Gasteiger partial charge on any atom is -0.372 e. The van der Waals surface area contributed by atoms with Gasteiger partial charge in [-0.1, -0.05) is 72.8 Å². The summed E-state index contributed by atoms with van der Waals surface area (Å²) in [6, 6.07) is 30.2. The maximum atomic E-state index is 6.47. The highest BCUT2D eigenvalue weighted by Gasteiger charge is 2.20. The molecule has 0 spiro atoms. The summed E-state index contributed by atoms with van der Waals surface area (Å²) >= 11 is 2.37. The highest BCUT2D eigenvalue weighted by Crippen LogP contribution is 2.35. The Labute approximate surface area is 200 Å². The Morgan fingerprint density at radius 2 is 1.35 bits per heavy atom. The van der Waals surface area contributed by atoms with E-state index in [1.54, 1.807) is 0 Å². The van der Waals surface area contributed by atoms with Gasteiger partial charge in [0.05, 0.1) is 12.7 Å². The van der Waals surface area contributed by atoms with E-state index in [0.717, 1.165) is 13.2 Å². The molecule has 160 valence electrons. The van der Waals surface area contributed by atoms with Crippen LogP contribution in [-0.2, 0) is 4.74 Å². The first-order valence-corrected chi connectivity index (χ1v) is 12.2. The van der Waals surface area contributed by atoms with Gasteiger partial charge in [-0.15, -0.1) is 0 Å². The van der Waals surface area contributed by atoms with Crippen LogP contribution in [0.1, 0.15) is 36.5 Å². The molecule has 31 heavy (non-hydrogen) atoms. The van der Waals surface area contributed by atoms with E-state index >= 15 is 0 Å². The SMILES string of the molecule is CC(OCCN1CCCC1)C(=C(c1ccccc1)c1ccc(I)cc1)c1ccccc1. The fraction of sp³-hybridized carbons (Fsp3) is 0.286. The van der Waals surface area contributed by atoms with Gasteiger partial charge in [0, 0.05) is 10.1 Å². The molecule has 0 aliphatic carbocycles. The minimum absolute atomic E-state index is 0.0144. The third kappa shape index (κ3) is 5.85. The summed E-state index contributed by atoms with van der Waals surface area (Å²) in [5.74, 6) is 0. The Morgan fingerprint density at radius 1 is 0.806 bits per heavy atom. The van der Waals surface area contributed by atoms with Crippen molar-refractivity contribution >= 4 is 33.7 Å². The first-order valence-electron chi connectivity index (χ1n) is 11.2. The largest absolute Gasteiger partial charge is 0.372 e. The van der Waals surface area contributed by atoms with E-state index in [-0.39, 0.29) is 6.10 Å². The number of nitrogens with zero attached hydrogens (tertiary/aromatic N) is 1. The molecule has 0 amide bonds. The summed E-state index contributed by atoms with van der Waals surface area (Å²) in [6.45, 7) is 6.37. The molecule has 3 aromatic rings. The third-order valence-electron chi connectivity index (χ3n) is 5.93. The molecule has 1 aliphatic heterocycles. The number of hydrogen-bond donors (Lipinski definition) is 0. The number of hydrogen-bond acceptors (Lipinski definition) is 2. The highest BCUT2D eigenvalue weighted by molar-refractivity contribution is 14.1. The molecule has 1 aliphatic rings.